The van der Waals surface area contributed by atoms with E-state index < -0.39 is 0 Å². The first-order chi connectivity index (χ1) is 11.7. The predicted molar refractivity (Wildman–Crippen MR) is 96.4 cm³/mol. The molecule has 5 heteroatoms. The van der Waals surface area contributed by atoms with Crippen LogP contribution in [0.25, 0.3) is 0 Å². The number of nitrogens with one attached hydrogen (secondary N) is 2. The molecule has 0 saturated carbocycles. The van der Waals surface area contributed by atoms with Crippen LogP contribution in [0.3, 0.4) is 0 Å². The maximum atomic E-state index is 12.2. The van der Waals surface area contributed by atoms with Crippen LogP contribution in [-0.2, 0) is 6.54 Å². The van der Waals surface area contributed by atoms with E-state index >= 15 is 0 Å². The van der Waals surface area contributed by atoms with Gasteiger partial charge in [-0.25, -0.2) is 4.98 Å². The van der Waals surface area contributed by atoms with Gasteiger partial charge in [-0.15, -0.1) is 0 Å². The van der Waals surface area contributed by atoms with Crippen molar-refractivity contribution in [3.05, 3.63) is 53.7 Å². The van der Waals surface area contributed by atoms with E-state index in [1.165, 1.54) is 12.8 Å². The lowest BCUT2D eigenvalue weighted by Gasteiger charge is -2.08. The molecule has 0 saturated heterocycles. The number of carbonyl (C=O) groups is 1. The van der Waals surface area contributed by atoms with Gasteiger partial charge in [-0.1, -0.05) is 31.9 Å². The van der Waals surface area contributed by atoms with Crippen LogP contribution in [0.15, 0.2) is 42.6 Å². The Balaban J connectivity index is 1.81. The van der Waals surface area contributed by atoms with Crippen LogP contribution in [0.1, 0.15) is 42.1 Å². The zero-order chi connectivity index (χ0) is 17.2. The maximum Gasteiger partial charge on any atom is 0.253 e. The van der Waals surface area contributed by atoms with Gasteiger partial charge in [0.25, 0.3) is 5.91 Å². The van der Waals surface area contributed by atoms with Crippen molar-refractivity contribution in [2.75, 3.05) is 19.0 Å². The Hall–Kier alpha value is -2.56. The van der Waals surface area contributed by atoms with Crippen molar-refractivity contribution in [1.29, 1.82) is 0 Å². The Labute approximate surface area is 143 Å². The van der Waals surface area contributed by atoms with Crippen LogP contribution in [0, 0.1) is 0 Å². The average molecular weight is 327 g/mol. The first-order valence-corrected chi connectivity index (χ1v) is 8.34. The Morgan fingerprint density at radius 2 is 1.92 bits per heavy atom. The number of benzene rings is 1. The highest BCUT2D eigenvalue weighted by Gasteiger charge is 2.06. The van der Waals surface area contributed by atoms with Crippen molar-refractivity contribution in [2.45, 2.75) is 32.7 Å². The van der Waals surface area contributed by atoms with Crippen LogP contribution in [0.4, 0.5) is 5.82 Å². The Kier molecular flexibility index (Phi) is 7.08. The molecule has 0 aliphatic carbocycles. The molecular formula is C19H25N3O2. The van der Waals surface area contributed by atoms with Crippen molar-refractivity contribution < 1.29 is 9.53 Å². The van der Waals surface area contributed by atoms with Crippen molar-refractivity contribution in [3.63, 3.8) is 0 Å². The number of ether oxygens (including phenoxy) is 1. The second-order valence-corrected chi connectivity index (χ2v) is 5.60. The summed E-state index contributed by atoms with van der Waals surface area (Å²) in [6.07, 6.45) is 5.13. The number of carbonyl (C=O) groups excluding carboxylic acids is 1. The predicted octanol–water partition coefficient (Wildman–Crippen LogP) is 3.62. The molecule has 0 aliphatic rings. The van der Waals surface area contributed by atoms with Crippen LogP contribution < -0.4 is 15.4 Å². The second kappa shape index (κ2) is 9.55. The summed E-state index contributed by atoms with van der Waals surface area (Å²) >= 11 is 0. The van der Waals surface area contributed by atoms with E-state index in [0.29, 0.717) is 12.1 Å². The number of rotatable bonds is 9. The summed E-state index contributed by atoms with van der Waals surface area (Å²) in [5, 5.41) is 6.15. The largest absolute Gasteiger partial charge is 0.497 e. The van der Waals surface area contributed by atoms with E-state index in [1.54, 1.807) is 19.4 Å². The number of hydrogen-bond donors (Lipinski definition) is 2. The fourth-order valence-electron chi connectivity index (χ4n) is 2.25. The monoisotopic (exact) mass is 327 g/mol. The van der Waals surface area contributed by atoms with Crippen molar-refractivity contribution in [1.82, 2.24) is 10.3 Å². The summed E-state index contributed by atoms with van der Waals surface area (Å²) in [6, 6.07) is 11.2. The first-order valence-electron chi connectivity index (χ1n) is 8.34. The van der Waals surface area contributed by atoms with Gasteiger partial charge >= 0.3 is 0 Å². The lowest BCUT2D eigenvalue weighted by atomic mass is 10.2. The molecule has 2 aromatic rings. The second-order valence-electron chi connectivity index (χ2n) is 5.60. The lowest BCUT2D eigenvalue weighted by molar-refractivity contribution is 0.0950. The van der Waals surface area contributed by atoms with E-state index in [4.69, 9.17) is 4.74 Å². The summed E-state index contributed by atoms with van der Waals surface area (Å²) in [4.78, 5) is 16.4. The van der Waals surface area contributed by atoms with E-state index in [9.17, 15) is 4.79 Å². The SMILES string of the molecule is CCCCCNc1ccc(C(=O)NCc2ccc(OC)cc2)cn1. The number of hydrogen-bond acceptors (Lipinski definition) is 4. The molecule has 0 unspecified atom stereocenters. The average Bonchev–Trinajstić information content (AvgIpc) is 2.64. The molecular weight excluding hydrogens is 302 g/mol. The molecule has 0 spiro atoms. The fourth-order valence-corrected chi connectivity index (χ4v) is 2.25. The molecule has 1 aromatic carbocycles. The van der Waals surface area contributed by atoms with Crippen molar-refractivity contribution in [3.8, 4) is 5.75 Å². The first kappa shape index (κ1) is 17.8. The highest BCUT2D eigenvalue weighted by Crippen LogP contribution is 2.11. The quantitative estimate of drug-likeness (QED) is 0.691. The smallest absolute Gasteiger partial charge is 0.253 e. The molecule has 128 valence electrons. The molecule has 2 N–H and O–H groups in total. The van der Waals surface area contributed by atoms with Crippen molar-refractivity contribution >= 4 is 11.7 Å². The summed E-state index contributed by atoms with van der Waals surface area (Å²) < 4.78 is 5.12. The van der Waals surface area contributed by atoms with Gasteiger partial charge < -0.3 is 15.4 Å². The summed E-state index contributed by atoms with van der Waals surface area (Å²) in [5.41, 5.74) is 1.58. The van der Waals surface area contributed by atoms with Gasteiger partial charge in [-0.05, 0) is 36.2 Å². The molecule has 0 bridgehead atoms. The van der Waals surface area contributed by atoms with Gasteiger partial charge in [0.05, 0.1) is 12.7 Å². The molecule has 0 fully saturated rings. The standard InChI is InChI=1S/C19H25N3O2/c1-3-4-5-12-20-18-11-8-16(14-21-18)19(23)22-13-15-6-9-17(24-2)10-7-15/h6-11,14H,3-5,12-13H2,1-2H3,(H,20,21)(H,22,23). The molecule has 0 radical (unpaired) electrons. The molecule has 24 heavy (non-hydrogen) atoms. The van der Waals surface area contributed by atoms with Crippen molar-refractivity contribution in [2.24, 2.45) is 0 Å². The molecule has 2 rings (SSSR count). The summed E-state index contributed by atoms with van der Waals surface area (Å²) in [7, 11) is 1.63. The normalized spacial score (nSPS) is 10.2. The summed E-state index contributed by atoms with van der Waals surface area (Å²) in [6.45, 7) is 3.56. The third kappa shape index (κ3) is 5.57. The number of nitrogens with zero attached hydrogens (tertiary/aromatic N) is 1. The van der Waals surface area contributed by atoms with Gasteiger partial charge in [-0.3, -0.25) is 4.79 Å². The van der Waals surface area contributed by atoms with E-state index in [1.807, 2.05) is 30.3 Å². The number of unbranched alkanes of at least 4 members (excludes halogenated alkanes) is 2. The number of methoxy groups -OCH3 is 1. The highest BCUT2D eigenvalue weighted by atomic mass is 16.5. The maximum absolute atomic E-state index is 12.2. The van der Waals surface area contributed by atoms with E-state index in [-0.39, 0.29) is 5.91 Å². The van der Waals surface area contributed by atoms with Crippen LogP contribution in [-0.4, -0.2) is 24.5 Å². The summed E-state index contributed by atoms with van der Waals surface area (Å²) in [5.74, 6) is 1.48. The van der Waals surface area contributed by atoms with Crippen LogP contribution >= 0.6 is 0 Å². The fraction of sp³-hybridized carbons (Fsp3) is 0.368. The van der Waals surface area contributed by atoms with Crippen LogP contribution in [0.2, 0.25) is 0 Å². The topological polar surface area (TPSA) is 63.2 Å². The molecule has 1 heterocycles. The van der Waals surface area contributed by atoms with Gasteiger partial charge in [0.1, 0.15) is 11.6 Å². The van der Waals surface area contributed by atoms with Gasteiger partial charge in [0.15, 0.2) is 0 Å². The van der Waals surface area contributed by atoms with Gasteiger partial charge in [-0.2, -0.15) is 0 Å². The molecule has 1 amide bonds. The number of anilines is 1. The number of pyridine rings is 1. The number of aromatic nitrogens is 1. The lowest BCUT2D eigenvalue weighted by Crippen LogP contribution is -2.22. The van der Waals surface area contributed by atoms with E-state index in [0.717, 1.165) is 30.1 Å². The zero-order valence-electron chi connectivity index (χ0n) is 14.3. The molecule has 5 nitrogen and oxygen atoms in total. The Morgan fingerprint density at radius 1 is 1.12 bits per heavy atom. The Morgan fingerprint density at radius 3 is 2.54 bits per heavy atom. The minimum atomic E-state index is -0.129. The minimum Gasteiger partial charge on any atom is -0.497 e. The highest BCUT2D eigenvalue weighted by molar-refractivity contribution is 5.94. The van der Waals surface area contributed by atoms with Gasteiger partial charge in [0, 0.05) is 19.3 Å². The third-order valence-electron chi connectivity index (χ3n) is 3.72. The zero-order valence-corrected chi connectivity index (χ0v) is 14.3. The van der Waals surface area contributed by atoms with Gasteiger partial charge in [0.2, 0.25) is 0 Å². The Bertz CT molecular complexity index is 624. The third-order valence-corrected chi connectivity index (χ3v) is 3.72. The molecule has 1 aromatic heterocycles. The number of amides is 1. The molecule has 0 atom stereocenters. The van der Waals surface area contributed by atoms with Crippen LogP contribution in [0.5, 0.6) is 5.75 Å². The minimum absolute atomic E-state index is 0.129. The van der Waals surface area contributed by atoms with E-state index in [2.05, 4.69) is 22.5 Å². The molecule has 0 aliphatic heterocycles.